The van der Waals surface area contributed by atoms with E-state index in [1.807, 2.05) is 6.07 Å². The quantitative estimate of drug-likeness (QED) is 0.570. The Balaban J connectivity index is 2.23. The minimum Gasteiger partial charge on any atom is -0.504 e. The highest BCUT2D eigenvalue weighted by atomic mass is 16.3. The second-order valence-electron chi connectivity index (χ2n) is 6.86. The van der Waals surface area contributed by atoms with Crippen molar-refractivity contribution >= 4 is 0 Å². The van der Waals surface area contributed by atoms with Crippen molar-refractivity contribution in [3.05, 3.63) is 34.9 Å². The Kier molecular flexibility index (Phi) is 4.97. The molecule has 0 heterocycles. The lowest BCUT2D eigenvalue weighted by molar-refractivity contribution is 0.351. The van der Waals surface area contributed by atoms with E-state index in [2.05, 4.69) is 33.8 Å². The summed E-state index contributed by atoms with van der Waals surface area (Å²) in [5.74, 6) is 1.53. The Hall–Kier alpha value is -1.44. The lowest BCUT2D eigenvalue weighted by Gasteiger charge is -2.34. The topological polar surface area (TPSA) is 40.5 Å². The SMILES string of the molecule is CC(C)=CCC[C@H](C)[C@H]1CC[C@H](C)c2c1ccc(O)c2O. The molecular formula is C19H28O2. The molecule has 0 fully saturated rings. The third kappa shape index (κ3) is 3.42. The molecule has 0 aliphatic heterocycles. The smallest absolute Gasteiger partial charge is 0.161 e. The van der Waals surface area contributed by atoms with Gasteiger partial charge < -0.3 is 10.2 Å². The number of aromatic hydroxyl groups is 2. The summed E-state index contributed by atoms with van der Waals surface area (Å²) in [6.45, 7) is 8.74. The maximum atomic E-state index is 10.2. The molecule has 1 aromatic rings. The number of phenolic OH excluding ortho intramolecular Hbond substituents is 2. The van der Waals surface area contributed by atoms with E-state index in [1.165, 1.54) is 24.0 Å². The lowest BCUT2D eigenvalue weighted by Crippen LogP contribution is -2.18. The van der Waals surface area contributed by atoms with Gasteiger partial charge in [-0.1, -0.05) is 31.6 Å². The van der Waals surface area contributed by atoms with Gasteiger partial charge in [0.2, 0.25) is 0 Å². The fraction of sp³-hybridized carbons (Fsp3) is 0.579. The molecule has 1 aromatic carbocycles. The van der Waals surface area contributed by atoms with E-state index in [0.29, 0.717) is 17.8 Å². The standard InChI is InChI=1S/C19H28O2/c1-12(2)6-5-7-13(3)15-9-8-14(4)18-16(15)10-11-17(20)19(18)21/h6,10-11,13-15,20-21H,5,7-9H2,1-4H3/t13-,14-,15+/m0/s1. The first-order valence-electron chi connectivity index (χ1n) is 8.09. The van der Waals surface area contributed by atoms with Crippen molar-refractivity contribution in [2.24, 2.45) is 5.92 Å². The van der Waals surface area contributed by atoms with Crippen LogP contribution in [0.4, 0.5) is 0 Å². The van der Waals surface area contributed by atoms with Crippen molar-refractivity contribution in [2.75, 3.05) is 0 Å². The molecule has 3 atom stereocenters. The first-order valence-corrected chi connectivity index (χ1v) is 8.09. The molecule has 21 heavy (non-hydrogen) atoms. The summed E-state index contributed by atoms with van der Waals surface area (Å²) in [4.78, 5) is 0. The number of hydrogen-bond acceptors (Lipinski definition) is 2. The van der Waals surface area contributed by atoms with Gasteiger partial charge in [-0.2, -0.15) is 0 Å². The van der Waals surface area contributed by atoms with Crippen LogP contribution in [0.2, 0.25) is 0 Å². The van der Waals surface area contributed by atoms with E-state index in [4.69, 9.17) is 0 Å². The average Bonchev–Trinajstić information content (AvgIpc) is 2.42. The van der Waals surface area contributed by atoms with Crippen LogP contribution in [-0.4, -0.2) is 10.2 Å². The Labute approximate surface area is 128 Å². The van der Waals surface area contributed by atoms with Gasteiger partial charge in [0.25, 0.3) is 0 Å². The summed E-state index contributed by atoms with van der Waals surface area (Å²) < 4.78 is 0. The average molecular weight is 288 g/mol. The van der Waals surface area contributed by atoms with E-state index < -0.39 is 0 Å². The number of benzene rings is 1. The summed E-state index contributed by atoms with van der Waals surface area (Å²) >= 11 is 0. The zero-order chi connectivity index (χ0) is 15.6. The van der Waals surface area contributed by atoms with Gasteiger partial charge >= 0.3 is 0 Å². The molecule has 0 bridgehead atoms. The largest absolute Gasteiger partial charge is 0.504 e. The predicted molar refractivity (Wildman–Crippen MR) is 88.0 cm³/mol. The monoisotopic (exact) mass is 288 g/mol. The maximum absolute atomic E-state index is 10.2. The summed E-state index contributed by atoms with van der Waals surface area (Å²) in [6.07, 6.45) is 6.85. The Bertz CT molecular complexity index is 527. The van der Waals surface area contributed by atoms with Crippen LogP contribution in [0, 0.1) is 5.92 Å². The highest BCUT2D eigenvalue weighted by Crippen LogP contribution is 2.48. The molecular weight excluding hydrogens is 260 g/mol. The van der Waals surface area contributed by atoms with Crippen molar-refractivity contribution in [3.63, 3.8) is 0 Å². The van der Waals surface area contributed by atoms with Gasteiger partial charge in [0.1, 0.15) is 0 Å². The number of phenols is 2. The summed E-state index contributed by atoms with van der Waals surface area (Å²) in [5, 5.41) is 20.0. The summed E-state index contributed by atoms with van der Waals surface area (Å²) in [7, 11) is 0. The highest BCUT2D eigenvalue weighted by molar-refractivity contribution is 5.52. The second kappa shape index (κ2) is 6.55. The molecule has 0 saturated heterocycles. The fourth-order valence-electron chi connectivity index (χ4n) is 3.61. The van der Waals surface area contributed by atoms with E-state index in [-0.39, 0.29) is 11.5 Å². The van der Waals surface area contributed by atoms with Gasteiger partial charge in [0.15, 0.2) is 11.5 Å². The molecule has 1 aliphatic rings. The van der Waals surface area contributed by atoms with Crippen molar-refractivity contribution in [2.45, 2.75) is 65.2 Å². The number of hydrogen-bond donors (Lipinski definition) is 2. The summed E-state index contributed by atoms with van der Waals surface area (Å²) in [5.41, 5.74) is 3.59. The van der Waals surface area contributed by atoms with Crippen LogP contribution in [0.3, 0.4) is 0 Å². The number of allylic oxidation sites excluding steroid dienone is 2. The molecule has 0 radical (unpaired) electrons. The fourth-order valence-corrected chi connectivity index (χ4v) is 3.61. The Morgan fingerprint density at radius 1 is 1.29 bits per heavy atom. The molecule has 1 aliphatic carbocycles. The van der Waals surface area contributed by atoms with E-state index in [1.54, 1.807) is 6.07 Å². The van der Waals surface area contributed by atoms with Gasteiger partial charge in [-0.15, -0.1) is 0 Å². The predicted octanol–water partition coefficient (Wildman–Crippen LogP) is 5.46. The molecule has 0 amide bonds. The number of rotatable bonds is 4. The molecule has 0 aromatic heterocycles. The Morgan fingerprint density at radius 2 is 2.00 bits per heavy atom. The molecule has 2 rings (SSSR count). The van der Waals surface area contributed by atoms with Crippen LogP contribution in [0.1, 0.15) is 76.3 Å². The van der Waals surface area contributed by atoms with Crippen LogP contribution >= 0.6 is 0 Å². The van der Waals surface area contributed by atoms with Crippen molar-refractivity contribution in [1.29, 1.82) is 0 Å². The molecule has 2 heteroatoms. The molecule has 2 nitrogen and oxygen atoms in total. The van der Waals surface area contributed by atoms with E-state index in [0.717, 1.165) is 18.4 Å². The van der Waals surface area contributed by atoms with E-state index >= 15 is 0 Å². The normalized spacial score (nSPS) is 22.5. The van der Waals surface area contributed by atoms with Crippen LogP contribution in [0.5, 0.6) is 11.5 Å². The second-order valence-corrected chi connectivity index (χ2v) is 6.86. The van der Waals surface area contributed by atoms with Crippen molar-refractivity contribution in [3.8, 4) is 11.5 Å². The molecule has 116 valence electrons. The maximum Gasteiger partial charge on any atom is 0.161 e. The minimum atomic E-state index is 0.0124. The van der Waals surface area contributed by atoms with Crippen LogP contribution in [-0.2, 0) is 0 Å². The van der Waals surface area contributed by atoms with Gasteiger partial charge in [-0.25, -0.2) is 0 Å². The van der Waals surface area contributed by atoms with Crippen LogP contribution in [0.25, 0.3) is 0 Å². The van der Waals surface area contributed by atoms with Crippen LogP contribution < -0.4 is 0 Å². The molecule has 0 unspecified atom stereocenters. The van der Waals surface area contributed by atoms with Gasteiger partial charge in [0, 0.05) is 5.56 Å². The first kappa shape index (κ1) is 15.9. The van der Waals surface area contributed by atoms with E-state index in [9.17, 15) is 10.2 Å². The summed E-state index contributed by atoms with van der Waals surface area (Å²) in [6, 6.07) is 3.66. The molecule has 0 saturated carbocycles. The lowest BCUT2D eigenvalue weighted by atomic mass is 9.71. The van der Waals surface area contributed by atoms with Crippen molar-refractivity contribution < 1.29 is 10.2 Å². The van der Waals surface area contributed by atoms with Crippen LogP contribution in [0.15, 0.2) is 23.8 Å². The Morgan fingerprint density at radius 3 is 2.67 bits per heavy atom. The van der Waals surface area contributed by atoms with Gasteiger partial charge in [-0.05, 0) is 68.9 Å². The van der Waals surface area contributed by atoms with Crippen molar-refractivity contribution in [1.82, 2.24) is 0 Å². The molecule has 0 spiro atoms. The third-order valence-electron chi connectivity index (χ3n) is 4.89. The van der Waals surface area contributed by atoms with Gasteiger partial charge in [0.05, 0.1) is 0 Å². The zero-order valence-electron chi connectivity index (χ0n) is 13.7. The first-order chi connectivity index (χ1) is 9.91. The third-order valence-corrected chi connectivity index (χ3v) is 4.89. The van der Waals surface area contributed by atoms with Gasteiger partial charge in [-0.3, -0.25) is 0 Å². The minimum absolute atomic E-state index is 0.0124. The number of fused-ring (bicyclic) bond motifs is 1. The molecule has 2 N–H and O–H groups in total. The highest BCUT2D eigenvalue weighted by Gasteiger charge is 2.31. The zero-order valence-corrected chi connectivity index (χ0v) is 13.7.